The van der Waals surface area contributed by atoms with Crippen molar-refractivity contribution in [2.45, 2.75) is 18.1 Å². The molecular formula is C15H17ClN6O2S2. The van der Waals surface area contributed by atoms with Gasteiger partial charge in [-0.2, -0.15) is 5.10 Å². The van der Waals surface area contributed by atoms with Crippen LogP contribution in [-0.4, -0.2) is 41.3 Å². The molecule has 2 N–H and O–H groups in total. The molecule has 3 aromatic heterocycles. The van der Waals surface area contributed by atoms with Gasteiger partial charge in [0.2, 0.25) is 10.0 Å². The van der Waals surface area contributed by atoms with Crippen molar-refractivity contribution in [3.63, 3.8) is 0 Å². The summed E-state index contributed by atoms with van der Waals surface area (Å²) in [7, 11) is -3.55. The highest BCUT2D eigenvalue weighted by Gasteiger charge is 2.15. The first-order valence-electron chi connectivity index (χ1n) is 7.70. The summed E-state index contributed by atoms with van der Waals surface area (Å²) in [4.78, 5) is 8.36. The molecule has 0 aromatic carbocycles. The minimum atomic E-state index is -3.55. The van der Waals surface area contributed by atoms with E-state index in [0.29, 0.717) is 22.5 Å². The van der Waals surface area contributed by atoms with Crippen LogP contribution in [0, 0.1) is 13.8 Å². The zero-order chi connectivity index (χ0) is 18.7. The highest BCUT2D eigenvalue weighted by atomic mass is 35.5. The van der Waals surface area contributed by atoms with E-state index in [0.717, 1.165) is 22.7 Å². The molecule has 8 nitrogen and oxygen atoms in total. The molecule has 138 valence electrons. The first kappa shape index (κ1) is 18.8. The average Bonchev–Trinajstić information content (AvgIpc) is 3.18. The summed E-state index contributed by atoms with van der Waals surface area (Å²) in [5.41, 5.74) is 1.87. The second kappa shape index (κ2) is 7.70. The fourth-order valence-electron chi connectivity index (χ4n) is 2.31. The third-order valence-corrected chi connectivity index (χ3v) is 6.60. The number of anilines is 1. The second-order valence-corrected chi connectivity index (χ2v) is 9.19. The molecule has 0 atom stereocenters. The van der Waals surface area contributed by atoms with Crippen molar-refractivity contribution >= 4 is 38.8 Å². The lowest BCUT2D eigenvalue weighted by Crippen LogP contribution is -2.28. The largest absolute Gasteiger partial charge is 0.369 e. The first-order valence-corrected chi connectivity index (χ1v) is 10.4. The lowest BCUT2D eigenvalue weighted by molar-refractivity contribution is 0.585. The molecule has 3 aromatic rings. The summed E-state index contributed by atoms with van der Waals surface area (Å²) in [6.45, 7) is 4.43. The van der Waals surface area contributed by atoms with E-state index in [2.05, 4.69) is 25.1 Å². The molecule has 0 spiro atoms. The summed E-state index contributed by atoms with van der Waals surface area (Å²) in [5, 5.41) is 7.45. The number of nitrogens with one attached hydrogen (secondary N) is 2. The van der Waals surface area contributed by atoms with E-state index in [4.69, 9.17) is 11.6 Å². The van der Waals surface area contributed by atoms with E-state index in [1.54, 1.807) is 16.8 Å². The molecule has 0 aliphatic carbocycles. The molecule has 0 saturated carbocycles. The van der Waals surface area contributed by atoms with E-state index < -0.39 is 10.0 Å². The number of thiophene rings is 1. The maximum atomic E-state index is 12.1. The second-order valence-electron chi connectivity index (χ2n) is 5.48. The highest BCUT2D eigenvalue weighted by molar-refractivity contribution is 7.91. The van der Waals surface area contributed by atoms with Crippen molar-refractivity contribution in [2.75, 3.05) is 18.4 Å². The number of aromatic nitrogens is 4. The number of rotatable bonds is 7. The van der Waals surface area contributed by atoms with Gasteiger partial charge in [-0.05, 0) is 32.0 Å². The van der Waals surface area contributed by atoms with Gasteiger partial charge in [0.05, 0.1) is 10.0 Å². The third kappa shape index (κ3) is 4.39. The van der Waals surface area contributed by atoms with E-state index in [9.17, 15) is 8.42 Å². The molecule has 3 rings (SSSR count). The van der Waals surface area contributed by atoms with Crippen LogP contribution in [0.1, 0.15) is 11.4 Å². The lowest BCUT2D eigenvalue weighted by atomic mass is 10.4. The van der Waals surface area contributed by atoms with Gasteiger partial charge in [0.25, 0.3) is 0 Å². The van der Waals surface area contributed by atoms with Crippen molar-refractivity contribution in [3.05, 3.63) is 46.3 Å². The summed E-state index contributed by atoms with van der Waals surface area (Å²) in [6, 6.07) is 6.75. The molecule has 0 fully saturated rings. The van der Waals surface area contributed by atoms with Crippen molar-refractivity contribution in [2.24, 2.45) is 0 Å². The molecule has 11 heteroatoms. The van der Waals surface area contributed by atoms with Gasteiger partial charge in [-0.25, -0.2) is 27.8 Å². The molecule has 0 radical (unpaired) electrons. The monoisotopic (exact) mass is 412 g/mol. The van der Waals surface area contributed by atoms with Gasteiger partial charge in [-0.15, -0.1) is 11.3 Å². The Balaban J connectivity index is 1.59. The SMILES string of the molecule is Cc1cc(C)n(-c2cc(NCCNS(=O)(=O)c3ccc(Cl)s3)ncn2)n1. The molecular weight excluding hydrogens is 396 g/mol. The Labute approximate surface area is 160 Å². The van der Waals surface area contributed by atoms with Crippen LogP contribution in [0.15, 0.2) is 34.8 Å². The molecule has 0 aliphatic heterocycles. The van der Waals surface area contributed by atoms with Crippen molar-refractivity contribution < 1.29 is 8.42 Å². The summed E-state index contributed by atoms with van der Waals surface area (Å²) in [5.74, 6) is 1.22. The normalized spacial score (nSPS) is 11.7. The fourth-order valence-corrected chi connectivity index (χ4v) is 4.87. The van der Waals surface area contributed by atoms with Crippen LogP contribution in [0.4, 0.5) is 5.82 Å². The van der Waals surface area contributed by atoms with Crippen LogP contribution in [-0.2, 0) is 10.0 Å². The lowest BCUT2D eigenvalue weighted by Gasteiger charge is -2.09. The Bertz CT molecular complexity index is 1010. The number of halogens is 1. The van der Waals surface area contributed by atoms with Gasteiger partial charge in [0, 0.05) is 24.8 Å². The van der Waals surface area contributed by atoms with Crippen LogP contribution < -0.4 is 10.0 Å². The van der Waals surface area contributed by atoms with Crippen molar-refractivity contribution in [1.82, 2.24) is 24.5 Å². The number of aryl methyl sites for hydroxylation is 2. The van der Waals surface area contributed by atoms with Gasteiger partial charge in [-0.3, -0.25) is 0 Å². The number of sulfonamides is 1. The van der Waals surface area contributed by atoms with E-state index >= 15 is 0 Å². The Hall–Kier alpha value is -2.01. The van der Waals surface area contributed by atoms with Crippen LogP contribution in [0.3, 0.4) is 0 Å². The molecule has 3 heterocycles. The predicted molar refractivity (Wildman–Crippen MR) is 102 cm³/mol. The van der Waals surface area contributed by atoms with E-state index in [-0.39, 0.29) is 10.8 Å². The number of nitrogens with zero attached hydrogens (tertiary/aromatic N) is 4. The van der Waals surface area contributed by atoms with E-state index in [1.807, 2.05) is 19.9 Å². The molecule has 0 bridgehead atoms. The topological polar surface area (TPSA) is 102 Å². The zero-order valence-corrected chi connectivity index (χ0v) is 16.5. The van der Waals surface area contributed by atoms with Crippen LogP contribution in [0.5, 0.6) is 0 Å². The minimum absolute atomic E-state index is 0.191. The summed E-state index contributed by atoms with van der Waals surface area (Å²) in [6.07, 6.45) is 1.44. The maximum Gasteiger partial charge on any atom is 0.250 e. The van der Waals surface area contributed by atoms with Gasteiger partial charge >= 0.3 is 0 Å². The maximum absolute atomic E-state index is 12.1. The Morgan fingerprint density at radius 3 is 2.65 bits per heavy atom. The Morgan fingerprint density at radius 2 is 2.00 bits per heavy atom. The quantitative estimate of drug-likeness (QED) is 0.577. The molecule has 0 saturated heterocycles. The van der Waals surface area contributed by atoms with Crippen LogP contribution in [0.2, 0.25) is 4.34 Å². The Kier molecular flexibility index (Phi) is 5.56. The fraction of sp³-hybridized carbons (Fsp3) is 0.267. The van der Waals surface area contributed by atoms with E-state index in [1.165, 1.54) is 12.4 Å². The molecule has 0 aliphatic rings. The molecule has 0 unspecified atom stereocenters. The smallest absolute Gasteiger partial charge is 0.250 e. The number of hydrogen-bond donors (Lipinski definition) is 2. The van der Waals surface area contributed by atoms with Crippen molar-refractivity contribution in [3.8, 4) is 5.82 Å². The molecule has 0 amide bonds. The zero-order valence-electron chi connectivity index (χ0n) is 14.1. The van der Waals surface area contributed by atoms with Gasteiger partial charge in [0.15, 0.2) is 5.82 Å². The predicted octanol–water partition coefficient (Wildman–Crippen LogP) is 2.38. The van der Waals surface area contributed by atoms with Gasteiger partial charge < -0.3 is 5.32 Å². The minimum Gasteiger partial charge on any atom is -0.369 e. The summed E-state index contributed by atoms with van der Waals surface area (Å²) >= 11 is 6.79. The van der Waals surface area contributed by atoms with Gasteiger partial charge in [0.1, 0.15) is 16.4 Å². The Morgan fingerprint density at radius 1 is 1.19 bits per heavy atom. The van der Waals surface area contributed by atoms with Gasteiger partial charge in [-0.1, -0.05) is 11.6 Å². The average molecular weight is 413 g/mol. The van der Waals surface area contributed by atoms with Crippen LogP contribution >= 0.6 is 22.9 Å². The van der Waals surface area contributed by atoms with Crippen molar-refractivity contribution in [1.29, 1.82) is 0 Å². The molecule has 26 heavy (non-hydrogen) atoms. The summed E-state index contributed by atoms with van der Waals surface area (Å²) < 4.78 is 29.1. The third-order valence-electron chi connectivity index (χ3n) is 3.42. The standard InChI is InChI=1S/C15H17ClN6O2S2/c1-10-7-11(2)22(21-10)14-8-13(18-9-19-14)17-5-6-20-26(23,24)15-4-3-12(16)25-15/h3-4,7-9,20H,5-6H2,1-2H3,(H,17,18,19). The van der Waals surface area contributed by atoms with Crippen LogP contribution in [0.25, 0.3) is 5.82 Å². The highest BCUT2D eigenvalue weighted by Crippen LogP contribution is 2.25. The number of hydrogen-bond acceptors (Lipinski definition) is 7. The first-order chi connectivity index (χ1) is 12.3.